The van der Waals surface area contributed by atoms with Crippen LogP contribution in [0.4, 0.5) is 5.69 Å². The molecule has 2 rings (SSSR count). The lowest BCUT2D eigenvalue weighted by atomic mass is 10.3. The van der Waals surface area contributed by atoms with Gasteiger partial charge in [-0.2, -0.15) is 0 Å². The van der Waals surface area contributed by atoms with Gasteiger partial charge in [0.15, 0.2) is 0 Å². The Morgan fingerprint density at radius 1 is 1.25 bits per heavy atom. The average molecular weight is 301 g/mol. The minimum atomic E-state index is 0.218. The Kier molecular flexibility index (Phi) is 3.26. The number of hydrogen-bond donors (Lipinski definition) is 1. The van der Waals surface area contributed by atoms with Crippen LogP contribution in [0, 0.1) is 0 Å². The number of anilines is 1. The van der Waals surface area contributed by atoms with Crippen molar-refractivity contribution in [3.8, 4) is 11.8 Å². The first-order valence-electron chi connectivity index (χ1n) is 4.35. The monoisotopic (exact) mass is 299 g/mol. The van der Waals surface area contributed by atoms with E-state index in [1.54, 1.807) is 18.2 Å². The lowest BCUT2D eigenvalue weighted by molar-refractivity contribution is 0.439. The summed E-state index contributed by atoms with van der Waals surface area (Å²) in [6, 6.07) is 5.46. The minimum absolute atomic E-state index is 0.218. The van der Waals surface area contributed by atoms with Gasteiger partial charge in [-0.1, -0.05) is 11.6 Å². The molecule has 0 aliphatic carbocycles. The van der Waals surface area contributed by atoms with E-state index in [0.29, 0.717) is 16.5 Å². The fourth-order valence-electron chi connectivity index (χ4n) is 1.05. The van der Waals surface area contributed by atoms with Gasteiger partial charge >= 0.3 is 6.01 Å². The number of ether oxygens (including phenoxy) is 1. The second-order valence-electron chi connectivity index (χ2n) is 2.98. The third-order valence-electron chi connectivity index (χ3n) is 1.75. The lowest BCUT2D eigenvalue weighted by Gasteiger charge is -2.06. The molecule has 0 amide bonds. The zero-order valence-electron chi connectivity index (χ0n) is 8.02. The van der Waals surface area contributed by atoms with E-state index in [2.05, 4.69) is 25.9 Å². The second kappa shape index (κ2) is 4.67. The summed E-state index contributed by atoms with van der Waals surface area (Å²) in [4.78, 5) is 7.83. The summed E-state index contributed by atoms with van der Waals surface area (Å²) in [5.74, 6) is 0.558. The van der Waals surface area contributed by atoms with Gasteiger partial charge in [0, 0.05) is 11.8 Å². The van der Waals surface area contributed by atoms with E-state index in [9.17, 15) is 0 Å². The molecule has 6 heteroatoms. The van der Waals surface area contributed by atoms with Crippen molar-refractivity contribution in [3.05, 3.63) is 40.1 Å². The Labute approximate surface area is 106 Å². The molecule has 0 fully saturated rings. The molecular formula is C10H7BrClN3O. The topological polar surface area (TPSA) is 61.0 Å². The molecule has 0 bridgehead atoms. The van der Waals surface area contributed by atoms with Gasteiger partial charge in [-0.15, -0.1) is 0 Å². The van der Waals surface area contributed by atoms with Crippen molar-refractivity contribution < 1.29 is 4.74 Å². The lowest BCUT2D eigenvalue weighted by Crippen LogP contribution is -1.93. The Balaban J connectivity index is 2.26. The fourth-order valence-corrected chi connectivity index (χ4v) is 1.47. The number of nitrogens with two attached hydrogens (primary N) is 1. The van der Waals surface area contributed by atoms with Gasteiger partial charge in [-0.3, -0.25) is 0 Å². The number of aromatic nitrogens is 2. The second-order valence-corrected chi connectivity index (χ2v) is 4.27. The minimum Gasteiger partial charge on any atom is -0.423 e. The van der Waals surface area contributed by atoms with Crippen LogP contribution in [0.3, 0.4) is 0 Å². The maximum atomic E-state index is 5.66. The molecule has 1 aromatic carbocycles. The molecule has 0 spiro atoms. The van der Waals surface area contributed by atoms with Gasteiger partial charge in [0.2, 0.25) is 0 Å². The average Bonchev–Trinajstić information content (AvgIpc) is 2.27. The maximum absolute atomic E-state index is 5.66. The molecule has 4 nitrogen and oxygen atoms in total. The summed E-state index contributed by atoms with van der Waals surface area (Å²) in [6.45, 7) is 0. The molecule has 0 unspecified atom stereocenters. The Morgan fingerprint density at radius 2 is 1.94 bits per heavy atom. The highest BCUT2D eigenvalue weighted by Gasteiger charge is 2.05. The van der Waals surface area contributed by atoms with Crippen molar-refractivity contribution in [1.82, 2.24) is 9.97 Å². The highest BCUT2D eigenvalue weighted by Crippen LogP contribution is 2.29. The quantitative estimate of drug-likeness (QED) is 0.865. The van der Waals surface area contributed by atoms with Gasteiger partial charge in [0.1, 0.15) is 5.75 Å². The zero-order chi connectivity index (χ0) is 11.5. The smallest absolute Gasteiger partial charge is 0.321 e. The SMILES string of the molecule is Nc1ccc(Br)c(Oc2ncc(Cl)cn2)c1. The van der Waals surface area contributed by atoms with Crippen LogP contribution in [0.1, 0.15) is 0 Å². The molecule has 1 aromatic heterocycles. The van der Waals surface area contributed by atoms with E-state index in [4.69, 9.17) is 22.1 Å². The Morgan fingerprint density at radius 3 is 2.62 bits per heavy atom. The molecule has 2 aromatic rings. The first-order valence-corrected chi connectivity index (χ1v) is 5.52. The maximum Gasteiger partial charge on any atom is 0.321 e. The Hall–Kier alpha value is -1.33. The predicted octanol–water partition coefficient (Wildman–Crippen LogP) is 3.27. The van der Waals surface area contributed by atoms with Crippen molar-refractivity contribution in [3.63, 3.8) is 0 Å². The van der Waals surface area contributed by atoms with E-state index in [1.807, 2.05) is 0 Å². The van der Waals surface area contributed by atoms with E-state index >= 15 is 0 Å². The molecule has 0 aliphatic heterocycles. The molecule has 0 saturated carbocycles. The van der Waals surface area contributed by atoms with Crippen molar-refractivity contribution >= 4 is 33.2 Å². The summed E-state index contributed by atoms with van der Waals surface area (Å²) in [5.41, 5.74) is 6.25. The third kappa shape index (κ3) is 2.62. The van der Waals surface area contributed by atoms with E-state index in [0.717, 1.165) is 4.47 Å². The number of hydrogen-bond acceptors (Lipinski definition) is 4. The standard InChI is InChI=1S/C10H7BrClN3O/c11-8-2-1-7(13)3-9(8)16-10-14-4-6(12)5-15-10/h1-5H,13H2. The van der Waals surface area contributed by atoms with Gasteiger partial charge < -0.3 is 10.5 Å². The van der Waals surface area contributed by atoms with Crippen molar-refractivity contribution in [2.24, 2.45) is 0 Å². The highest BCUT2D eigenvalue weighted by atomic mass is 79.9. The molecule has 0 saturated heterocycles. The summed E-state index contributed by atoms with van der Waals surface area (Å²) >= 11 is 9.00. The number of rotatable bonds is 2. The first-order chi connectivity index (χ1) is 7.65. The van der Waals surface area contributed by atoms with E-state index < -0.39 is 0 Å². The predicted molar refractivity (Wildman–Crippen MR) is 65.7 cm³/mol. The molecular weight excluding hydrogens is 293 g/mol. The van der Waals surface area contributed by atoms with Gasteiger partial charge in [0.25, 0.3) is 0 Å². The number of benzene rings is 1. The first kappa shape index (κ1) is 11.2. The van der Waals surface area contributed by atoms with Gasteiger partial charge in [-0.05, 0) is 28.1 Å². The third-order valence-corrected chi connectivity index (χ3v) is 2.60. The summed E-state index contributed by atoms with van der Waals surface area (Å²) in [7, 11) is 0. The largest absolute Gasteiger partial charge is 0.423 e. The highest BCUT2D eigenvalue weighted by molar-refractivity contribution is 9.10. The van der Waals surface area contributed by atoms with E-state index in [-0.39, 0.29) is 6.01 Å². The van der Waals surface area contributed by atoms with Crippen LogP contribution in [0.25, 0.3) is 0 Å². The number of nitrogens with zero attached hydrogens (tertiary/aromatic N) is 2. The van der Waals surface area contributed by atoms with Crippen LogP contribution in [0.5, 0.6) is 11.8 Å². The normalized spacial score (nSPS) is 10.1. The number of halogens is 2. The Bertz CT molecular complexity index is 504. The van der Waals surface area contributed by atoms with Gasteiger partial charge in [0.05, 0.1) is 21.9 Å². The molecule has 16 heavy (non-hydrogen) atoms. The summed E-state index contributed by atoms with van der Waals surface area (Å²) in [6.07, 6.45) is 2.92. The van der Waals surface area contributed by atoms with Crippen LogP contribution in [-0.2, 0) is 0 Å². The molecule has 1 heterocycles. The van der Waals surface area contributed by atoms with Crippen molar-refractivity contribution in [1.29, 1.82) is 0 Å². The molecule has 2 N–H and O–H groups in total. The van der Waals surface area contributed by atoms with Crippen LogP contribution in [0.15, 0.2) is 35.1 Å². The van der Waals surface area contributed by atoms with Crippen LogP contribution in [0.2, 0.25) is 5.02 Å². The van der Waals surface area contributed by atoms with Crippen molar-refractivity contribution in [2.45, 2.75) is 0 Å². The molecule has 82 valence electrons. The van der Waals surface area contributed by atoms with Crippen molar-refractivity contribution in [2.75, 3.05) is 5.73 Å². The number of nitrogen functional groups attached to an aromatic ring is 1. The summed E-state index contributed by atoms with van der Waals surface area (Å²) < 4.78 is 6.22. The molecule has 0 atom stereocenters. The summed E-state index contributed by atoms with van der Waals surface area (Å²) in [5, 5.41) is 0.457. The van der Waals surface area contributed by atoms with Gasteiger partial charge in [-0.25, -0.2) is 9.97 Å². The zero-order valence-corrected chi connectivity index (χ0v) is 10.4. The van der Waals surface area contributed by atoms with E-state index in [1.165, 1.54) is 12.4 Å². The van der Waals surface area contributed by atoms with Crippen LogP contribution in [-0.4, -0.2) is 9.97 Å². The molecule has 0 radical (unpaired) electrons. The molecule has 0 aliphatic rings. The van der Waals surface area contributed by atoms with Crippen LogP contribution < -0.4 is 10.5 Å². The fraction of sp³-hybridized carbons (Fsp3) is 0. The van der Waals surface area contributed by atoms with Crippen LogP contribution >= 0.6 is 27.5 Å².